The van der Waals surface area contributed by atoms with Gasteiger partial charge in [-0.15, -0.1) is 11.3 Å². The number of carbonyl (C=O) groups excluding carboxylic acids is 1. The zero-order valence-electron chi connectivity index (χ0n) is 15.2. The van der Waals surface area contributed by atoms with Gasteiger partial charge in [0.15, 0.2) is 11.6 Å². The number of para-hydroxylation sites is 2. The number of carbonyl (C=O) groups is 2. The Morgan fingerprint density at radius 1 is 1.13 bits per heavy atom. The fourth-order valence-electron chi connectivity index (χ4n) is 3.26. The number of Topliss-reactive ketones (excluding diaryl/α,β-unsaturated/α-hetero) is 1. The summed E-state index contributed by atoms with van der Waals surface area (Å²) in [6, 6.07) is 11.3. The van der Waals surface area contributed by atoms with Crippen LogP contribution < -0.4 is 0 Å². The third-order valence-electron chi connectivity index (χ3n) is 4.57. The molecule has 0 aliphatic heterocycles. The third-order valence-corrected chi connectivity index (χ3v) is 5.60. The topological polar surface area (TPSA) is 72.2 Å². The first-order valence-corrected chi connectivity index (χ1v) is 9.62. The number of carboxylic acids is 1. The van der Waals surface area contributed by atoms with E-state index < -0.39 is 24.1 Å². The number of fused-ring (bicyclic) bond motifs is 1. The Hall–Kier alpha value is -3.46. The Morgan fingerprint density at radius 2 is 1.90 bits per heavy atom. The summed E-state index contributed by atoms with van der Waals surface area (Å²) in [5.74, 6) is -2.61. The van der Waals surface area contributed by atoms with Crippen LogP contribution in [0.4, 0.5) is 13.2 Å². The summed E-state index contributed by atoms with van der Waals surface area (Å²) in [5.41, 5.74) is 0.463. The van der Waals surface area contributed by atoms with Gasteiger partial charge in [0, 0.05) is 12.0 Å². The lowest BCUT2D eigenvalue weighted by Crippen LogP contribution is -2.09. The van der Waals surface area contributed by atoms with E-state index in [0.29, 0.717) is 10.1 Å². The number of benzene rings is 2. The summed E-state index contributed by atoms with van der Waals surface area (Å²) in [4.78, 5) is 28.7. The van der Waals surface area contributed by atoms with Crippen molar-refractivity contribution in [2.75, 3.05) is 0 Å². The van der Waals surface area contributed by atoms with Gasteiger partial charge in [-0.2, -0.15) is 8.78 Å². The van der Waals surface area contributed by atoms with E-state index in [-0.39, 0.29) is 39.3 Å². The Labute approximate surface area is 172 Å². The molecule has 0 bridgehead atoms. The number of thiophene rings is 1. The van der Waals surface area contributed by atoms with Crippen molar-refractivity contribution in [2.45, 2.75) is 13.0 Å². The first-order valence-electron chi connectivity index (χ1n) is 8.74. The van der Waals surface area contributed by atoms with E-state index in [0.717, 1.165) is 17.4 Å². The normalized spacial score (nSPS) is 11.3. The lowest BCUT2D eigenvalue weighted by molar-refractivity contribution is 0.0692. The average Bonchev–Trinajstić information content (AvgIpc) is 3.29. The summed E-state index contributed by atoms with van der Waals surface area (Å²) in [6.07, 6.45) is -0.309. The Morgan fingerprint density at radius 3 is 2.60 bits per heavy atom. The van der Waals surface area contributed by atoms with Crippen LogP contribution in [0.15, 0.2) is 53.9 Å². The maximum absolute atomic E-state index is 13.8. The van der Waals surface area contributed by atoms with Crippen LogP contribution in [-0.4, -0.2) is 26.4 Å². The lowest BCUT2D eigenvalue weighted by atomic mass is 10.0. The first-order chi connectivity index (χ1) is 14.4. The van der Waals surface area contributed by atoms with Gasteiger partial charge in [0.1, 0.15) is 5.82 Å². The van der Waals surface area contributed by atoms with E-state index in [9.17, 15) is 27.9 Å². The molecule has 5 nitrogen and oxygen atoms in total. The van der Waals surface area contributed by atoms with E-state index in [4.69, 9.17) is 0 Å². The third kappa shape index (κ3) is 3.48. The molecule has 30 heavy (non-hydrogen) atoms. The van der Waals surface area contributed by atoms with Gasteiger partial charge in [0.2, 0.25) is 0 Å². The summed E-state index contributed by atoms with van der Waals surface area (Å²) < 4.78 is 41.6. The fourth-order valence-corrected chi connectivity index (χ4v) is 4.31. The van der Waals surface area contributed by atoms with Gasteiger partial charge >= 0.3 is 12.5 Å². The molecular formula is C21H13F3N2O3S. The Balaban J connectivity index is 1.81. The summed E-state index contributed by atoms with van der Waals surface area (Å²) in [5, 5.41) is 11.2. The van der Waals surface area contributed by atoms with E-state index >= 15 is 0 Å². The van der Waals surface area contributed by atoms with Crippen LogP contribution in [0.5, 0.6) is 0 Å². The second-order valence-corrected chi connectivity index (χ2v) is 7.33. The molecule has 0 fully saturated rings. The Bertz CT molecular complexity index is 1280. The van der Waals surface area contributed by atoms with Gasteiger partial charge < -0.3 is 5.11 Å². The minimum atomic E-state index is -2.94. The van der Waals surface area contributed by atoms with Crippen molar-refractivity contribution in [2.24, 2.45) is 0 Å². The van der Waals surface area contributed by atoms with Crippen molar-refractivity contribution >= 4 is 34.1 Å². The van der Waals surface area contributed by atoms with Gasteiger partial charge in [-0.3, -0.25) is 9.36 Å². The highest BCUT2D eigenvalue weighted by atomic mass is 32.1. The van der Waals surface area contributed by atoms with E-state index in [1.807, 2.05) is 0 Å². The molecule has 0 saturated heterocycles. The summed E-state index contributed by atoms with van der Waals surface area (Å²) in [6.45, 7) is -2.94. The lowest BCUT2D eigenvalue weighted by Gasteiger charge is -2.08. The zero-order valence-corrected chi connectivity index (χ0v) is 16.0. The number of aromatic carboxylic acids is 1. The van der Waals surface area contributed by atoms with Crippen LogP contribution >= 0.6 is 11.3 Å². The summed E-state index contributed by atoms with van der Waals surface area (Å²) >= 11 is 0.921. The quantitative estimate of drug-likeness (QED) is 0.415. The molecule has 2 aromatic heterocycles. The molecule has 2 heterocycles. The van der Waals surface area contributed by atoms with Crippen LogP contribution in [0, 0.1) is 5.82 Å². The molecule has 2 aromatic carbocycles. The van der Waals surface area contributed by atoms with E-state index in [1.54, 1.807) is 18.2 Å². The van der Waals surface area contributed by atoms with Gasteiger partial charge in [0.25, 0.3) is 0 Å². The molecule has 0 spiro atoms. The standard InChI is InChI=1S/C21H13F3N2O3S/c22-13-5-3-4-11(8-13)16(27)9-12-10-30-18(17(12)20(28)29)19-25-14-6-1-2-7-15(14)26(19)21(23)24/h1-8,10,21H,9H2,(H,28,29). The van der Waals surface area contributed by atoms with Gasteiger partial charge in [0.05, 0.1) is 21.5 Å². The van der Waals surface area contributed by atoms with Crippen molar-refractivity contribution in [3.63, 3.8) is 0 Å². The Kier molecular flexibility index (Phi) is 5.13. The molecule has 4 rings (SSSR count). The van der Waals surface area contributed by atoms with Crippen molar-refractivity contribution in [3.8, 4) is 10.7 Å². The SMILES string of the molecule is O=C(Cc1csc(-c2nc3ccccc3n2C(F)F)c1C(=O)O)c1cccc(F)c1. The number of alkyl halides is 2. The summed E-state index contributed by atoms with van der Waals surface area (Å²) in [7, 11) is 0. The number of halogens is 3. The van der Waals surface area contributed by atoms with Crippen molar-refractivity contribution in [3.05, 3.63) is 76.4 Å². The molecule has 9 heteroatoms. The van der Waals surface area contributed by atoms with E-state index in [1.165, 1.54) is 29.6 Å². The van der Waals surface area contributed by atoms with Crippen LogP contribution in [0.25, 0.3) is 21.7 Å². The highest BCUT2D eigenvalue weighted by molar-refractivity contribution is 7.14. The smallest absolute Gasteiger partial charge is 0.337 e. The molecule has 0 aliphatic rings. The van der Waals surface area contributed by atoms with Crippen molar-refractivity contribution in [1.29, 1.82) is 0 Å². The van der Waals surface area contributed by atoms with Crippen molar-refractivity contribution < 1.29 is 27.9 Å². The monoisotopic (exact) mass is 430 g/mol. The number of hydrogen-bond acceptors (Lipinski definition) is 4. The number of carboxylic acid groups (broad SMARTS) is 1. The number of hydrogen-bond donors (Lipinski definition) is 1. The fraction of sp³-hybridized carbons (Fsp3) is 0.0952. The average molecular weight is 430 g/mol. The van der Waals surface area contributed by atoms with E-state index in [2.05, 4.69) is 4.98 Å². The number of nitrogens with zero attached hydrogens (tertiary/aromatic N) is 2. The molecule has 0 saturated carbocycles. The first kappa shape index (κ1) is 19.8. The number of ketones is 1. The van der Waals surface area contributed by atoms with Gasteiger partial charge in [-0.05, 0) is 35.2 Å². The molecule has 0 radical (unpaired) electrons. The molecule has 0 unspecified atom stereocenters. The molecule has 4 aromatic rings. The molecule has 152 valence electrons. The van der Waals surface area contributed by atoms with Crippen LogP contribution in [-0.2, 0) is 6.42 Å². The van der Waals surface area contributed by atoms with Crippen LogP contribution in [0.1, 0.15) is 32.8 Å². The number of rotatable bonds is 6. The minimum Gasteiger partial charge on any atom is -0.478 e. The van der Waals surface area contributed by atoms with Gasteiger partial charge in [-0.1, -0.05) is 24.3 Å². The maximum atomic E-state index is 13.8. The van der Waals surface area contributed by atoms with Crippen molar-refractivity contribution in [1.82, 2.24) is 9.55 Å². The highest BCUT2D eigenvalue weighted by Gasteiger charge is 2.27. The molecule has 0 atom stereocenters. The van der Waals surface area contributed by atoms with Gasteiger partial charge in [-0.25, -0.2) is 14.2 Å². The number of aromatic nitrogens is 2. The highest BCUT2D eigenvalue weighted by Crippen LogP contribution is 2.37. The molecule has 0 amide bonds. The maximum Gasteiger partial charge on any atom is 0.337 e. The molecule has 0 aliphatic carbocycles. The second-order valence-electron chi connectivity index (χ2n) is 6.45. The largest absolute Gasteiger partial charge is 0.478 e. The molecule has 1 N–H and O–H groups in total. The predicted molar refractivity (Wildman–Crippen MR) is 106 cm³/mol. The second kappa shape index (κ2) is 7.75. The minimum absolute atomic E-state index is 0.0287. The van der Waals surface area contributed by atoms with Crippen LogP contribution in [0.2, 0.25) is 0 Å². The molecular weight excluding hydrogens is 417 g/mol. The number of imidazole rings is 1. The zero-order chi connectivity index (χ0) is 21.4. The van der Waals surface area contributed by atoms with Crippen LogP contribution in [0.3, 0.4) is 0 Å². The predicted octanol–water partition coefficient (Wildman–Crippen LogP) is 5.42.